The van der Waals surface area contributed by atoms with E-state index in [1.54, 1.807) is 0 Å². The number of aliphatic hydroxyl groups excluding tert-OH is 1. The highest BCUT2D eigenvalue weighted by atomic mass is 16.9. The van der Waals surface area contributed by atoms with E-state index in [1.165, 1.54) is 0 Å². The summed E-state index contributed by atoms with van der Waals surface area (Å²) in [6, 6.07) is 0. The Bertz CT molecular complexity index is 329. The third-order valence-corrected chi connectivity index (χ3v) is 4.52. The lowest BCUT2D eigenvalue weighted by atomic mass is 9.68. The summed E-state index contributed by atoms with van der Waals surface area (Å²) in [6.07, 6.45) is 0.228. The van der Waals surface area contributed by atoms with Crippen LogP contribution >= 0.6 is 0 Å². The first-order chi connectivity index (χ1) is 8.34. The first kappa shape index (κ1) is 13.6. The predicted molar refractivity (Wildman–Crippen MR) is 63.4 cm³/mol. The Labute approximate surface area is 107 Å². The lowest BCUT2D eigenvalue weighted by Gasteiger charge is -2.42. The third kappa shape index (κ3) is 2.21. The number of cyclic esters (lactones) is 2. The Morgan fingerprint density at radius 1 is 1.39 bits per heavy atom. The molecule has 2 N–H and O–H groups in total. The Morgan fingerprint density at radius 3 is 2.56 bits per heavy atom. The van der Waals surface area contributed by atoms with Gasteiger partial charge in [-0.3, -0.25) is 0 Å². The molecule has 1 heterocycles. The minimum absolute atomic E-state index is 0.189. The van der Waals surface area contributed by atoms with Crippen LogP contribution < -0.4 is 0 Å². The van der Waals surface area contributed by atoms with Gasteiger partial charge < -0.3 is 19.7 Å². The normalized spacial score (nSPS) is 44.9. The summed E-state index contributed by atoms with van der Waals surface area (Å²) in [4.78, 5) is 11.1. The van der Waals surface area contributed by atoms with Crippen molar-refractivity contribution < 1.29 is 24.5 Å². The summed E-state index contributed by atoms with van der Waals surface area (Å²) in [5.41, 5.74) is 0. The lowest BCUT2D eigenvalue weighted by molar-refractivity contribution is -0.269. The van der Waals surface area contributed by atoms with Crippen molar-refractivity contribution >= 4 is 6.16 Å². The molecule has 18 heavy (non-hydrogen) atoms. The van der Waals surface area contributed by atoms with Gasteiger partial charge >= 0.3 is 6.16 Å². The minimum Gasteiger partial charge on any atom is -0.397 e. The molecule has 5 unspecified atom stereocenters. The molecule has 0 radical (unpaired) electrons. The van der Waals surface area contributed by atoms with E-state index < -0.39 is 18.2 Å². The van der Waals surface area contributed by atoms with E-state index in [0.717, 1.165) is 19.3 Å². The maximum atomic E-state index is 11.1. The van der Waals surface area contributed by atoms with Crippen LogP contribution in [0.1, 0.15) is 40.0 Å². The van der Waals surface area contributed by atoms with E-state index in [9.17, 15) is 15.0 Å². The second-order valence-corrected chi connectivity index (χ2v) is 5.98. The highest BCUT2D eigenvalue weighted by Crippen LogP contribution is 2.46. The van der Waals surface area contributed by atoms with Gasteiger partial charge in [0.25, 0.3) is 12.1 Å². The monoisotopic (exact) mass is 258 g/mol. The molecule has 2 rings (SSSR count). The van der Waals surface area contributed by atoms with Crippen LogP contribution in [0.3, 0.4) is 0 Å². The quantitative estimate of drug-likeness (QED) is 0.739. The molecule has 1 saturated heterocycles. The predicted octanol–water partition coefficient (Wildman–Crippen LogP) is 1.87. The second kappa shape index (κ2) is 4.70. The van der Waals surface area contributed by atoms with Crippen LogP contribution in [0.5, 0.6) is 0 Å². The van der Waals surface area contributed by atoms with Gasteiger partial charge in [-0.15, -0.1) is 0 Å². The van der Waals surface area contributed by atoms with Crippen LogP contribution in [0.4, 0.5) is 4.79 Å². The number of hydrogen-bond donors (Lipinski definition) is 2. The Hall–Kier alpha value is -0.810. The summed E-state index contributed by atoms with van der Waals surface area (Å²) < 4.78 is 9.36. The number of carbonyl (C=O) groups is 1. The molecule has 0 amide bonds. The maximum absolute atomic E-state index is 11.1. The number of rotatable bonds is 2. The fraction of sp³-hybridized carbons (Fsp3) is 0.923. The number of aliphatic hydroxyl groups is 2. The topological polar surface area (TPSA) is 76.0 Å². The molecule has 0 aromatic rings. The molecule has 0 bridgehead atoms. The van der Waals surface area contributed by atoms with Crippen molar-refractivity contribution in [1.29, 1.82) is 0 Å². The molecule has 1 aliphatic carbocycles. The molecule has 2 aliphatic rings. The van der Waals surface area contributed by atoms with Gasteiger partial charge in [0, 0.05) is 5.92 Å². The van der Waals surface area contributed by atoms with Crippen molar-refractivity contribution in [2.24, 2.45) is 23.7 Å². The smallest absolute Gasteiger partial charge is 0.397 e. The number of carbonyl (C=O) groups excluding carboxylic acids is 1. The molecular formula is C13H22O5. The summed E-state index contributed by atoms with van der Waals surface area (Å²) in [5, 5.41) is 20.1. The fourth-order valence-electron chi connectivity index (χ4n) is 3.18. The molecule has 5 heteroatoms. The van der Waals surface area contributed by atoms with Crippen molar-refractivity contribution in [3.8, 4) is 0 Å². The SMILES string of the molecule is CC(C)C1CCC(C)C(C2(O)OC(=O)OC2O)C1. The summed E-state index contributed by atoms with van der Waals surface area (Å²) in [5.74, 6) is -0.987. The zero-order valence-electron chi connectivity index (χ0n) is 11.1. The van der Waals surface area contributed by atoms with Crippen molar-refractivity contribution in [2.45, 2.75) is 52.1 Å². The van der Waals surface area contributed by atoms with Gasteiger partial charge in [-0.05, 0) is 37.0 Å². The average Bonchev–Trinajstić information content (AvgIpc) is 2.53. The van der Waals surface area contributed by atoms with Crippen LogP contribution in [-0.4, -0.2) is 28.4 Å². The maximum Gasteiger partial charge on any atom is 0.513 e. The molecule has 5 atom stereocenters. The Morgan fingerprint density at radius 2 is 2.06 bits per heavy atom. The van der Waals surface area contributed by atoms with Gasteiger partial charge in [0.15, 0.2) is 0 Å². The zero-order valence-corrected chi connectivity index (χ0v) is 11.1. The third-order valence-electron chi connectivity index (χ3n) is 4.52. The van der Waals surface area contributed by atoms with E-state index in [2.05, 4.69) is 18.6 Å². The van der Waals surface area contributed by atoms with Crippen molar-refractivity contribution in [1.82, 2.24) is 0 Å². The highest BCUT2D eigenvalue weighted by molar-refractivity contribution is 5.62. The fourth-order valence-corrected chi connectivity index (χ4v) is 3.18. The molecule has 0 aromatic carbocycles. The van der Waals surface area contributed by atoms with E-state index >= 15 is 0 Å². The van der Waals surface area contributed by atoms with Gasteiger partial charge in [-0.1, -0.05) is 20.8 Å². The molecule has 0 spiro atoms. The molecule has 1 aliphatic heterocycles. The standard InChI is InChI=1S/C13H22O5/c1-7(2)9-5-4-8(3)10(6-9)13(16)11(14)17-12(15)18-13/h7-11,14,16H,4-6H2,1-3H3. The molecule has 2 fully saturated rings. The van der Waals surface area contributed by atoms with Crippen molar-refractivity contribution in [3.63, 3.8) is 0 Å². The van der Waals surface area contributed by atoms with Crippen LogP contribution in [0.25, 0.3) is 0 Å². The van der Waals surface area contributed by atoms with Gasteiger partial charge in [0.2, 0.25) is 0 Å². The van der Waals surface area contributed by atoms with E-state index in [4.69, 9.17) is 4.74 Å². The van der Waals surface area contributed by atoms with Crippen molar-refractivity contribution in [2.75, 3.05) is 0 Å². The second-order valence-electron chi connectivity index (χ2n) is 5.98. The van der Waals surface area contributed by atoms with Crippen LogP contribution in [0.2, 0.25) is 0 Å². The Kier molecular flexibility index (Phi) is 3.56. The largest absolute Gasteiger partial charge is 0.513 e. The molecule has 104 valence electrons. The van der Waals surface area contributed by atoms with E-state index in [1.807, 2.05) is 6.92 Å². The first-order valence-corrected chi connectivity index (χ1v) is 6.64. The zero-order chi connectivity index (χ0) is 13.5. The lowest BCUT2D eigenvalue weighted by Crippen LogP contribution is -2.51. The first-order valence-electron chi connectivity index (χ1n) is 6.64. The molecular weight excluding hydrogens is 236 g/mol. The number of ether oxygens (including phenoxy) is 2. The van der Waals surface area contributed by atoms with Gasteiger partial charge in [-0.2, -0.15) is 0 Å². The number of hydrogen-bond acceptors (Lipinski definition) is 5. The van der Waals surface area contributed by atoms with Gasteiger partial charge in [-0.25, -0.2) is 4.79 Å². The molecule has 1 saturated carbocycles. The molecule has 0 aromatic heterocycles. The van der Waals surface area contributed by atoms with Crippen LogP contribution in [0.15, 0.2) is 0 Å². The summed E-state index contributed by atoms with van der Waals surface area (Å²) in [6.45, 7) is 6.31. The van der Waals surface area contributed by atoms with E-state index in [0.29, 0.717) is 11.8 Å². The minimum atomic E-state index is -1.88. The summed E-state index contributed by atoms with van der Waals surface area (Å²) >= 11 is 0. The van der Waals surface area contributed by atoms with Crippen LogP contribution in [-0.2, 0) is 9.47 Å². The Balaban J connectivity index is 2.17. The molecule has 5 nitrogen and oxygen atoms in total. The van der Waals surface area contributed by atoms with Gasteiger partial charge in [0.05, 0.1) is 0 Å². The van der Waals surface area contributed by atoms with E-state index in [-0.39, 0.29) is 11.8 Å². The van der Waals surface area contributed by atoms with Crippen LogP contribution in [0, 0.1) is 23.7 Å². The summed E-state index contributed by atoms with van der Waals surface area (Å²) in [7, 11) is 0. The highest BCUT2D eigenvalue weighted by Gasteiger charge is 2.57. The van der Waals surface area contributed by atoms with Gasteiger partial charge in [0.1, 0.15) is 0 Å². The van der Waals surface area contributed by atoms with Crippen molar-refractivity contribution in [3.05, 3.63) is 0 Å². The average molecular weight is 258 g/mol.